The van der Waals surface area contributed by atoms with Crippen molar-refractivity contribution in [3.63, 3.8) is 0 Å². The van der Waals surface area contributed by atoms with Crippen LogP contribution in [0.5, 0.6) is 0 Å². The minimum absolute atomic E-state index is 0.112. The average molecular weight is 389 g/mol. The van der Waals surface area contributed by atoms with Gasteiger partial charge in [-0.05, 0) is 53.0 Å². The number of likely N-dealkylation sites (tertiary alicyclic amines) is 1. The molecule has 1 N–H and O–H groups in total. The summed E-state index contributed by atoms with van der Waals surface area (Å²) in [6, 6.07) is -0.112. The molecule has 0 unspecified atom stereocenters. The fraction of sp³-hybridized carbons (Fsp3) is 0.778. The molecule has 2 rings (SSSR count). The average Bonchev–Trinajstić information content (AvgIpc) is 2.97. The maximum Gasteiger partial charge on any atom is 0.435 e. The number of nitrogens with one attached hydrogen (secondary N) is 1. The molecular formula is C18H30F3N5O. The van der Waals surface area contributed by atoms with Crippen LogP contribution in [0.4, 0.5) is 13.2 Å². The maximum atomic E-state index is 13.5. The van der Waals surface area contributed by atoms with Crippen molar-refractivity contribution < 1.29 is 18.0 Å². The Hall–Kier alpha value is -1.61. The normalized spacial score (nSPS) is 16.9. The number of amides is 1. The Balaban J connectivity index is 2.22. The van der Waals surface area contributed by atoms with E-state index < -0.39 is 17.8 Å². The maximum absolute atomic E-state index is 13.5. The lowest BCUT2D eigenvalue weighted by Gasteiger charge is -2.29. The van der Waals surface area contributed by atoms with E-state index >= 15 is 0 Å². The number of carbonyl (C=O) groups excluding carboxylic acids is 1. The molecule has 0 aromatic carbocycles. The number of halogens is 3. The summed E-state index contributed by atoms with van der Waals surface area (Å²) < 4.78 is 42.0. The van der Waals surface area contributed by atoms with Crippen LogP contribution in [0.1, 0.15) is 54.5 Å². The van der Waals surface area contributed by atoms with E-state index in [4.69, 9.17) is 0 Å². The van der Waals surface area contributed by atoms with E-state index in [-0.39, 0.29) is 17.3 Å². The summed E-state index contributed by atoms with van der Waals surface area (Å²) >= 11 is 0. The SMILES string of the molecule is CCN(CC)CCNC(=O)c1c(C(F)(F)F)nn(C2CCN(C)CC2)c1C. The lowest BCUT2D eigenvalue weighted by atomic mass is 10.1. The second-order valence-corrected chi connectivity index (χ2v) is 7.07. The van der Waals surface area contributed by atoms with Gasteiger partial charge in [-0.25, -0.2) is 0 Å². The molecule has 1 aliphatic heterocycles. The number of carbonyl (C=O) groups is 1. The van der Waals surface area contributed by atoms with Crippen LogP contribution in [-0.2, 0) is 6.18 Å². The quantitative estimate of drug-likeness (QED) is 0.779. The van der Waals surface area contributed by atoms with E-state index in [0.29, 0.717) is 13.1 Å². The van der Waals surface area contributed by atoms with Crippen LogP contribution in [0, 0.1) is 6.92 Å². The van der Waals surface area contributed by atoms with Crippen molar-refractivity contribution in [1.29, 1.82) is 0 Å². The Bertz CT molecular complexity index is 632. The summed E-state index contributed by atoms with van der Waals surface area (Å²) in [5.74, 6) is -0.703. The molecule has 0 bridgehead atoms. The topological polar surface area (TPSA) is 53.4 Å². The standard InChI is InChI=1S/C18H30F3N5O/c1-5-25(6-2)12-9-22-17(27)15-13(3)26(23-16(15)18(19,20)21)14-7-10-24(4)11-8-14/h14H,5-12H2,1-4H3,(H,22,27). The van der Waals surface area contributed by atoms with Gasteiger partial charge in [0, 0.05) is 18.8 Å². The minimum Gasteiger partial charge on any atom is -0.351 e. The number of hydrogen-bond donors (Lipinski definition) is 1. The predicted molar refractivity (Wildman–Crippen MR) is 97.9 cm³/mol. The third-order valence-corrected chi connectivity index (χ3v) is 5.29. The van der Waals surface area contributed by atoms with Crippen molar-refractivity contribution >= 4 is 5.91 Å². The fourth-order valence-electron chi connectivity index (χ4n) is 3.54. The van der Waals surface area contributed by atoms with Crippen molar-refractivity contribution in [2.75, 3.05) is 46.3 Å². The van der Waals surface area contributed by atoms with Gasteiger partial charge < -0.3 is 15.1 Å². The number of rotatable bonds is 7. The van der Waals surface area contributed by atoms with Crippen LogP contribution in [0.15, 0.2) is 0 Å². The van der Waals surface area contributed by atoms with Gasteiger partial charge in [0.2, 0.25) is 0 Å². The molecule has 0 radical (unpaired) electrons. The van der Waals surface area contributed by atoms with Gasteiger partial charge in [0.1, 0.15) is 0 Å². The van der Waals surface area contributed by atoms with Crippen LogP contribution in [0.3, 0.4) is 0 Å². The first-order valence-electron chi connectivity index (χ1n) is 9.54. The first-order valence-corrected chi connectivity index (χ1v) is 9.54. The molecule has 6 nitrogen and oxygen atoms in total. The van der Waals surface area contributed by atoms with Crippen molar-refractivity contribution in [3.8, 4) is 0 Å². The van der Waals surface area contributed by atoms with Crippen molar-refractivity contribution in [1.82, 2.24) is 24.9 Å². The van der Waals surface area contributed by atoms with Crippen LogP contribution in [-0.4, -0.2) is 71.8 Å². The lowest BCUT2D eigenvalue weighted by Crippen LogP contribution is -2.35. The molecule has 0 aliphatic carbocycles. The van der Waals surface area contributed by atoms with Crippen molar-refractivity contribution in [2.45, 2.75) is 45.8 Å². The highest BCUT2D eigenvalue weighted by atomic mass is 19.4. The zero-order valence-electron chi connectivity index (χ0n) is 16.6. The Morgan fingerprint density at radius 1 is 1.26 bits per heavy atom. The third-order valence-electron chi connectivity index (χ3n) is 5.29. The molecular weight excluding hydrogens is 359 g/mol. The molecule has 0 saturated carbocycles. The Kier molecular flexibility index (Phi) is 7.27. The third kappa shape index (κ3) is 5.22. The number of piperidine rings is 1. The first kappa shape index (κ1) is 21.7. The van der Waals surface area contributed by atoms with Crippen LogP contribution in [0.2, 0.25) is 0 Å². The molecule has 2 heterocycles. The van der Waals surface area contributed by atoms with E-state index in [1.807, 2.05) is 20.9 Å². The summed E-state index contributed by atoms with van der Waals surface area (Å²) in [5.41, 5.74) is -1.14. The zero-order valence-corrected chi connectivity index (χ0v) is 16.6. The highest BCUT2D eigenvalue weighted by molar-refractivity contribution is 5.96. The van der Waals surface area contributed by atoms with Crippen LogP contribution < -0.4 is 5.32 Å². The lowest BCUT2D eigenvalue weighted by molar-refractivity contribution is -0.141. The van der Waals surface area contributed by atoms with Gasteiger partial charge in [-0.1, -0.05) is 13.8 Å². The van der Waals surface area contributed by atoms with E-state index in [1.165, 1.54) is 4.68 Å². The molecule has 1 aromatic rings. The van der Waals surface area contributed by atoms with Crippen LogP contribution >= 0.6 is 0 Å². The molecule has 1 fully saturated rings. The zero-order chi connectivity index (χ0) is 20.2. The molecule has 9 heteroatoms. The van der Waals surface area contributed by atoms with Gasteiger partial charge in [-0.2, -0.15) is 18.3 Å². The number of aromatic nitrogens is 2. The Labute approximate surface area is 158 Å². The number of nitrogens with zero attached hydrogens (tertiary/aromatic N) is 4. The van der Waals surface area contributed by atoms with E-state index in [0.717, 1.165) is 39.0 Å². The predicted octanol–water partition coefficient (Wildman–Crippen LogP) is 2.55. The van der Waals surface area contributed by atoms with Gasteiger partial charge in [0.05, 0.1) is 11.6 Å². The fourth-order valence-corrected chi connectivity index (χ4v) is 3.54. The molecule has 0 spiro atoms. The first-order chi connectivity index (χ1) is 12.7. The second kappa shape index (κ2) is 9.05. The van der Waals surface area contributed by atoms with E-state index in [1.54, 1.807) is 6.92 Å². The largest absolute Gasteiger partial charge is 0.435 e. The monoisotopic (exact) mass is 389 g/mol. The molecule has 1 aromatic heterocycles. The Morgan fingerprint density at radius 2 is 1.85 bits per heavy atom. The van der Waals surface area contributed by atoms with Crippen molar-refractivity contribution in [3.05, 3.63) is 17.0 Å². The summed E-state index contributed by atoms with van der Waals surface area (Å²) in [4.78, 5) is 16.8. The van der Waals surface area contributed by atoms with Gasteiger partial charge in [0.25, 0.3) is 5.91 Å². The second-order valence-electron chi connectivity index (χ2n) is 7.07. The highest BCUT2D eigenvalue weighted by Gasteiger charge is 2.41. The summed E-state index contributed by atoms with van der Waals surface area (Å²) in [5, 5.41) is 6.46. The molecule has 0 atom stereocenters. The van der Waals surface area contributed by atoms with Gasteiger partial charge in [0.15, 0.2) is 5.69 Å². The minimum atomic E-state index is -4.66. The van der Waals surface area contributed by atoms with E-state index in [2.05, 4.69) is 20.2 Å². The molecule has 1 aliphatic rings. The Morgan fingerprint density at radius 3 is 2.37 bits per heavy atom. The smallest absolute Gasteiger partial charge is 0.351 e. The molecule has 1 saturated heterocycles. The highest BCUT2D eigenvalue weighted by Crippen LogP contribution is 2.34. The van der Waals surface area contributed by atoms with Gasteiger partial charge in [-0.3, -0.25) is 9.48 Å². The van der Waals surface area contributed by atoms with Crippen LogP contribution in [0.25, 0.3) is 0 Å². The number of likely N-dealkylation sites (N-methyl/N-ethyl adjacent to an activating group) is 1. The molecule has 154 valence electrons. The number of hydrogen-bond acceptors (Lipinski definition) is 4. The summed E-state index contributed by atoms with van der Waals surface area (Å²) in [6.07, 6.45) is -3.22. The van der Waals surface area contributed by atoms with Crippen molar-refractivity contribution in [2.24, 2.45) is 0 Å². The van der Waals surface area contributed by atoms with E-state index in [9.17, 15) is 18.0 Å². The summed E-state index contributed by atoms with van der Waals surface area (Å²) in [7, 11) is 1.99. The van der Waals surface area contributed by atoms with Gasteiger partial charge >= 0.3 is 6.18 Å². The molecule has 27 heavy (non-hydrogen) atoms. The van der Waals surface area contributed by atoms with Gasteiger partial charge in [-0.15, -0.1) is 0 Å². The number of alkyl halides is 3. The summed E-state index contributed by atoms with van der Waals surface area (Å²) in [6.45, 7) is 9.72. The molecule has 1 amide bonds.